The molecule has 1 fully saturated rings. The summed E-state index contributed by atoms with van der Waals surface area (Å²) in [5.74, 6) is 1.54. The quantitative estimate of drug-likeness (QED) is 0.681. The molecule has 0 atom stereocenters. The van der Waals surface area contributed by atoms with Gasteiger partial charge in [-0.15, -0.1) is 0 Å². The van der Waals surface area contributed by atoms with Crippen LogP contribution in [0.15, 0.2) is 18.2 Å². The maximum absolute atomic E-state index is 12.6. The van der Waals surface area contributed by atoms with E-state index in [0.29, 0.717) is 30.9 Å². The van der Waals surface area contributed by atoms with Crippen LogP contribution in [-0.2, 0) is 0 Å². The average molecular weight is 319 g/mol. The molecule has 1 heterocycles. The molecule has 23 heavy (non-hydrogen) atoms. The molecule has 1 aliphatic heterocycles. The summed E-state index contributed by atoms with van der Waals surface area (Å²) in [7, 11) is 0. The minimum Gasteiger partial charge on any atom is -0.494 e. The Labute approximate surface area is 139 Å². The molecule has 0 amide bonds. The second-order valence-electron chi connectivity index (χ2n) is 5.95. The van der Waals surface area contributed by atoms with Crippen molar-refractivity contribution in [1.29, 1.82) is 0 Å². The predicted octanol–water partition coefficient (Wildman–Crippen LogP) is 3.93. The molecule has 4 heteroatoms. The van der Waals surface area contributed by atoms with Gasteiger partial charge in [0.1, 0.15) is 11.5 Å². The van der Waals surface area contributed by atoms with Gasteiger partial charge in [-0.1, -0.05) is 12.8 Å². The molecule has 1 saturated heterocycles. The Morgan fingerprint density at radius 3 is 2.39 bits per heavy atom. The Morgan fingerprint density at radius 2 is 1.74 bits per heavy atom. The highest BCUT2D eigenvalue weighted by atomic mass is 16.5. The fourth-order valence-electron chi connectivity index (χ4n) is 3.02. The van der Waals surface area contributed by atoms with Crippen LogP contribution >= 0.6 is 0 Å². The number of rotatable bonds is 8. The van der Waals surface area contributed by atoms with Crippen molar-refractivity contribution in [3.8, 4) is 11.5 Å². The smallest absolute Gasteiger partial charge is 0.167 e. The molecule has 128 valence electrons. The number of hydrogen-bond donors (Lipinski definition) is 0. The SMILES string of the molecule is CCOc1ccc(C(=O)CCN2CCCCCC2)c(OCC)c1. The Balaban J connectivity index is 1.99. The van der Waals surface area contributed by atoms with E-state index in [0.717, 1.165) is 25.4 Å². The zero-order valence-electron chi connectivity index (χ0n) is 14.5. The second kappa shape index (κ2) is 9.56. The van der Waals surface area contributed by atoms with Crippen LogP contribution < -0.4 is 9.47 Å². The highest BCUT2D eigenvalue weighted by Gasteiger charge is 2.16. The standard InChI is InChI=1S/C19H29NO3/c1-3-22-16-9-10-17(19(15-16)23-4-2)18(21)11-14-20-12-7-5-6-8-13-20/h9-10,15H,3-8,11-14H2,1-2H3. The molecule has 1 aromatic carbocycles. The number of carbonyl (C=O) groups excluding carboxylic acids is 1. The zero-order valence-corrected chi connectivity index (χ0v) is 14.5. The number of carbonyl (C=O) groups is 1. The molecule has 0 bridgehead atoms. The van der Waals surface area contributed by atoms with Gasteiger partial charge in [0.15, 0.2) is 5.78 Å². The Bertz CT molecular complexity index is 493. The normalized spacial score (nSPS) is 15.9. The number of ether oxygens (including phenoxy) is 2. The van der Waals surface area contributed by atoms with E-state index in [9.17, 15) is 4.79 Å². The molecule has 1 aliphatic rings. The molecule has 0 spiro atoms. The van der Waals surface area contributed by atoms with Crippen LogP contribution in [0.2, 0.25) is 0 Å². The van der Waals surface area contributed by atoms with Crippen LogP contribution in [0.3, 0.4) is 0 Å². The van der Waals surface area contributed by atoms with Crippen LogP contribution in [0.4, 0.5) is 0 Å². The average Bonchev–Trinajstić information content (AvgIpc) is 2.82. The van der Waals surface area contributed by atoms with Gasteiger partial charge in [0.25, 0.3) is 0 Å². The minimum absolute atomic E-state index is 0.153. The summed E-state index contributed by atoms with van der Waals surface area (Å²) in [6, 6.07) is 5.51. The summed E-state index contributed by atoms with van der Waals surface area (Å²) in [5.41, 5.74) is 0.671. The van der Waals surface area contributed by atoms with E-state index in [2.05, 4.69) is 4.90 Å². The summed E-state index contributed by atoms with van der Waals surface area (Å²) in [6.45, 7) is 8.11. The lowest BCUT2D eigenvalue weighted by Gasteiger charge is -2.19. The van der Waals surface area contributed by atoms with Gasteiger partial charge < -0.3 is 14.4 Å². The van der Waals surface area contributed by atoms with Gasteiger partial charge >= 0.3 is 0 Å². The van der Waals surface area contributed by atoms with Crippen molar-refractivity contribution in [2.24, 2.45) is 0 Å². The highest BCUT2D eigenvalue weighted by molar-refractivity contribution is 5.99. The van der Waals surface area contributed by atoms with Gasteiger partial charge in [-0.2, -0.15) is 0 Å². The lowest BCUT2D eigenvalue weighted by atomic mass is 10.1. The molecular formula is C19H29NO3. The van der Waals surface area contributed by atoms with Crippen LogP contribution in [0, 0.1) is 0 Å². The fourth-order valence-corrected chi connectivity index (χ4v) is 3.02. The third kappa shape index (κ3) is 5.54. The maximum Gasteiger partial charge on any atom is 0.167 e. The molecule has 4 nitrogen and oxygen atoms in total. The summed E-state index contributed by atoms with van der Waals surface area (Å²) >= 11 is 0. The first-order valence-corrected chi connectivity index (χ1v) is 8.89. The molecule has 0 N–H and O–H groups in total. The van der Waals surface area contributed by atoms with Crippen LogP contribution in [0.25, 0.3) is 0 Å². The topological polar surface area (TPSA) is 38.8 Å². The molecule has 0 aliphatic carbocycles. The van der Waals surface area contributed by atoms with Crippen molar-refractivity contribution in [1.82, 2.24) is 4.90 Å². The van der Waals surface area contributed by atoms with E-state index in [1.807, 2.05) is 32.0 Å². The number of ketones is 1. The first-order chi connectivity index (χ1) is 11.2. The maximum atomic E-state index is 12.6. The molecule has 0 saturated carbocycles. The van der Waals surface area contributed by atoms with Crippen LogP contribution in [-0.4, -0.2) is 43.5 Å². The van der Waals surface area contributed by atoms with Crippen molar-refractivity contribution in [2.75, 3.05) is 32.8 Å². The summed E-state index contributed by atoms with van der Waals surface area (Å²) in [4.78, 5) is 15.0. The van der Waals surface area contributed by atoms with E-state index < -0.39 is 0 Å². The van der Waals surface area contributed by atoms with E-state index in [1.54, 1.807) is 0 Å². The number of benzene rings is 1. The molecule has 1 aromatic rings. The lowest BCUT2D eigenvalue weighted by molar-refractivity contribution is 0.0961. The van der Waals surface area contributed by atoms with Crippen molar-refractivity contribution >= 4 is 5.78 Å². The number of Topliss-reactive ketones (excluding diaryl/α,β-unsaturated/α-hetero) is 1. The molecule has 2 rings (SSSR count). The van der Waals surface area contributed by atoms with Gasteiger partial charge in [-0.3, -0.25) is 4.79 Å². The Morgan fingerprint density at radius 1 is 1.04 bits per heavy atom. The Kier molecular flexibility index (Phi) is 7.40. The van der Waals surface area contributed by atoms with Crippen molar-refractivity contribution < 1.29 is 14.3 Å². The van der Waals surface area contributed by atoms with Crippen LogP contribution in [0.1, 0.15) is 56.3 Å². The largest absolute Gasteiger partial charge is 0.494 e. The number of likely N-dealkylation sites (tertiary alicyclic amines) is 1. The van der Waals surface area contributed by atoms with Crippen molar-refractivity contribution in [2.45, 2.75) is 46.0 Å². The second-order valence-corrected chi connectivity index (χ2v) is 5.95. The first kappa shape index (κ1) is 17.8. The molecular weight excluding hydrogens is 290 g/mol. The van der Waals surface area contributed by atoms with E-state index >= 15 is 0 Å². The van der Waals surface area contributed by atoms with Crippen molar-refractivity contribution in [3.63, 3.8) is 0 Å². The Hall–Kier alpha value is -1.55. The first-order valence-electron chi connectivity index (χ1n) is 8.89. The van der Waals surface area contributed by atoms with Gasteiger partial charge in [0.2, 0.25) is 0 Å². The van der Waals surface area contributed by atoms with E-state index in [4.69, 9.17) is 9.47 Å². The monoisotopic (exact) mass is 319 g/mol. The fraction of sp³-hybridized carbons (Fsp3) is 0.632. The van der Waals surface area contributed by atoms with Crippen LogP contribution in [0.5, 0.6) is 11.5 Å². The lowest BCUT2D eigenvalue weighted by Crippen LogP contribution is -2.27. The molecule has 0 aromatic heterocycles. The number of nitrogens with zero attached hydrogens (tertiary/aromatic N) is 1. The van der Waals surface area contributed by atoms with Gasteiger partial charge in [-0.25, -0.2) is 0 Å². The van der Waals surface area contributed by atoms with Gasteiger partial charge in [0.05, 0.1) is 18.8 Å². The summed E-state index contributed by atoms with van der Waals surface area (Å²) in [6.07, 6.45) is 5.69. The third-order valence-electron chi connectivity index (χ3n) is 4.22. The zero-order chi connectivity index (χ0) is 16.5. The summed E-state index contributed by atoms with van der Waals surface area (Å²) < 4.78 is 11.1. The van der Waals surface area contributed by atoms with Crippen molar-refractivity contribution in [3.05, 3.63) is 23.8 Å². The van der Waals surface area contributed by atoms with E-state index in [1.165, 1.54) is 25.7 Å². The predicted molar refractivity (Wildman–Crippen MR) is 92.6 cm³/mol. The molecule has 0 radical (unpaired) electrons. The molecule has 0 unspecified atom stereocenters. The summed E-state index contributed by atoms with van der Waals surface area (Å²) in [5, 5.41) is 0. The highest BCUT2D eigenvalue weighted by Crippen LogP contribution is 2.26. The van der Waals surface area contributed by atoms with Gasteiger partial charge in [0, 0.05) is 19.0 Å². The van der Waals surface area contributed by atoms with Gasteiger partial charge in [-0.05, 0) is 51.9 Å². The number of hydrogen-bond acceptors (Lipinski definition) is 4. The van der Waals surface area contributed by atoms with E-state index in [-0.39, 0.29) is 5.78 Å². The third-order valence-corrected chi connectivity index (χ3v) is 4.22. The minimum atomic E-state index is 0.153.